The van der Waals surface area contributed by atoms with Gasteiger partial charge in [-0.3, -0.25) is 9.59 Å². The van der Waals surface area contributed by atoms with E-state index in [2.05, 4.69) is 5.32 Å². The van der Waals surface area contributed by atoms with Gasteiger partial charge in [0.2, 0.25) is 5.91 Å². The van der Waals surface area contributed by atoms with Crippen molar-refractivity contribution in [2.75, 3.05) is 6.54 Å². The van der Waals surface area contributed by atoms with Crippen molar-refractivity contribution in [3.05, 3.63) is 34.9 Å². The number of benzene rings is 1. The average molecular weight is 305 g/mol. The minimum atomic E-state index is -4.62. The molecule has 0 fully saturated rings. The van der Waals surface area contributed by atoms with E-state index in [-0.39, 0.29) is 24.0 Å². The summed E-state index contributed by atoms with van der Waals surface area (Å²) in [7, 11) is 0. The van der Waals surface area contributed by atoms with E-state index >= 15 is 0 Å². The molecule has 1 rings (SSSR count). The van der Waals surface area contributed by atoms with Crippen LogP contribution < -0.4 is 5.32 Å². The summed E-state index contributed by atoms with van der Waals surface area (Å²) in [5.41, 5.74) is -1.55. The van der Waals surface area contributed by atoms with Gasteiger partial charge < -0.3 is 15.5 Å². The first kappa shape index (κ1) is 17.1. The van der Waals surface area contributed by atoms with E-state index < -0.39 is 29.9 Å². The summed E-state index contributed by atoms with van der Waals surface area (Å²) in [6.45, 7) is 0.907. The second-order valence-electron chi connectivity index (χ2n) is 4.41. The predicted molar refractivity (Wildman–Crippen MR) is 66.5 cm³/mol. The lowest BCUT2D eigenvalue weighted by molar-refractivity contribution is -0.137. The molecule has 0 bridgehead atoms. The third-order valence-electron chi connectivity index (χ3n) is 2.78. The van der Waals surface area contributed by atoms with Crippen LogP contribution in [0.1, 0.15) is 34.5 Å². The molecule has 0 spiro atoms. The van der Waals surface area contributed by atoms with Crippen LogP contribution in [0.25, 0.3) is 0 Å². The van der Waals surface area contributed by atoms with Gasteiger partial charge in [-0.05, 0) is 17.7 Å². The van der Waals surface area contributed by atoms with Crippen LogP contribution in [0.4, 0.5) is 13.2 Å². The van der Waals surface area contributed by atoms with E-state index in [1.807, 2.05) is 0 Å². The Kier molecular flexibility index (Phi) is 5.45. The van der Waals surface area contributed by atoms with E-state index in [4.69, 9.17) is 0 Å². The first-order chi connectivity index (χ1) is 9.66. The zero-order chi connectivity index (χ0) is 16.2. The largest absolute Gasteiger partial charge is 0.416 e. The lowest BCUT2D eigenvalue weighted by Gasteiger charge is -2.20. The zero-order valence-corrected chi connectivity index (χ0v) is 11.0. The number of nitrogens with one attached hydrogen (secondary N) is 1. The first-order valence-electron chi connectivity index (χ1n) is 5.93. The van der Waals surface area contributed by atoms with Gasteiger partial charge in [-0.2, -0.15) is 13.2 Å². The molecular formula is C13H14F3NO4. The van der Waals surface area contributed by atoms with Crippen molar-refractivity contribution >= 4 is 12.2 Å². The highest BCUT2D eigenvalue weighted by atomic mass is 19.4. The number of alkyl halides is 3. The summed E-state index contributed by atoms with van der Waals surface area (Å²) in [6, 6.07) is 2.22. The predicted octanol–water partition coefficient (Wildman–Crippen LogP) is 1.05. The highest BCUT2D eigenvalue weighted by Gasteiger charge is 2.32. The maximum absolute atomic E-state index is 12.5. The van der Waals surface area contributed by atoms with Gasteiger partial charge in [0.1, 0.15) is 18.5 Å². The second kappa shape index (κ2) is 6.68. The van der Waals surface area contributed by atoms with Gasteiger partial charge in [0.25, 0.3) is 0 Å². The van der Waals surface area contributed by atoms with E-state index in [9.17, 15) is 33.0 Å². The summed E-state index contributed by atoms with van der Waals surface area (Å²) in [4.78, 5) is 21.6. The average Bonchev–Trinajstić information content (AvgIpc) is 2.42. The SMILES string of the molecule is CC(=O)NCC(O)C(O)c1ccc(C(F)(F)F)cc1C=O. The first-order valence-corrected chi connectivity index (χ1v) is 5.93. The molecule has 0 radical (unpaired) electrons. The molecule has 21 heavy (non-hydrogen) atoms. The molecule has 1 amide bonds. The fourth-order valence-electron chi connectivity index (χ4n) is 1.69. The van der Waals surface area contributed by atoms with Gasteiger partial charge in [-0.1, -0.05) is 6.07 Å². The standard InChI is InChI=1S/C13H14F3NO4/c1-7(19)17-5-11(20)12(21)10-3-2-9(13(14,15)16)4-8(10)6-18/h2-4,6,11-12,20-21H,5H2,1H3,(H,17,19). The van der Waals surface area contributed by atoms with Gasteiger partial charge >= 0.3 is 6.18 Å². The van der Waals surface area contributed by atoms with Gasteiger partial charge in [-0.25, -0.2) is 0 Å². The summed E-state index contributed by atoms with van der Waals surface area (Å²) >= 11 is 0. The van der Waals surface area contributed by atoms with Crippen molar-refractivity contribution in [1.29, 1.82) is 0 Å². The second-order valence-corrected chi connectivity index (χ2v) is 4.41. The Bertz CT molecular complexity index is 531. The normalized spacial score (nSPS) is 14.4. The number of rotatable bonds is 5. The summed E-state index contributed by atoms with van der Waals surface area (Å²) in [6.07, 6.45) is -7.50. The molecule has 2 unspecified atom stereocenters. The molecule has 0 saturated heterocycles. The summed E-state index contributed by atoms with van der Waals surface area (Å²) in [5.74, 6) is -0.440. The Labute approximate surface area is 118 Å². The third kappa shape index (κ3) is 4.54. The molecule has 0 aliphatic carbocycles. The summed E-state index contributed by atoms with van der Waals surface area (Å²) in [5, 5.41) is 21.8. The van der Waals surface area contributed by atoms with E-state index in [0.29, 0.717) is 12.1 Å². The number of amides is 1. The Morgan fingerprint density at radius 1 is 1.38 bits per heavy atom. The van der Waals surface area contributed by atoms with E-state index in [1.54, 1.807) is 0 Å². The zero-order valence-electron chi connectivity index (χ0n) is 11.0. The van der Waals surface area contributed by atoms with Crippen LogP contribution >= 0.6 is 0 Å². The van der Waals surface area contributed by atoms with E-state index in [1.165, 1.54) is 6.92 Å². The molecule has 2 atom stereocenters. The number of aldehydes is 1. The Morgan fingerprint density at radius 3 is 2.48 bits per heavy atom. The molecule has 116 valence electrons. The molecule has 0 aliphatic rings. The van der Waals surface area contributed by atoms with Crippen LogP contribution in [0.5, 0.6) is 0 Å². The van der Waals surface area contributed by atoms with Crippen molar-refractivity contribution in [2.45, 2.75) is 25.3 Å². The van der Waals surface area contributed by atoms with Gasteiger partial charge in [0, 0.05) is 19.0 Å². The van der Waals surface area contributed by atoms with Crippen LogP contribution in [0.2, 0.25) is 0 Å². The monoisotopic (exact) mass is 305 g/mol. The number of carbonyl (C=O) groups excluding carboxylic acids is 2. The van der Waals surface area contributed by atoms with Crippen LogP contribution in [-0.2, 0) is 11.0 Å². The van der Waals surface area contributed by atoms with Crippen molar-refractivity contribution in [1.82, 2.24) is 5.32 Å². The third-order valence-corrected chi connectivity index (χ3v) is 2.78. The molecule has 0 aliphatic heterocycles. The fraction of sp³-hybridized carbons (Fsp3) is 0.385. The van der Waals surface area contributed by atoms with Crippen molar-refractivity contribution in [3.63, 3.8) is 0 Å². The van der Waals surface area contributed by atoms with Crippen molar-refractivity contribution in [2.24, 2.45) is 0 Å². The molecule has 1 aromatic carbocycles. The van der Waals surface area contributed by atoms with Crippen LogP contribution in [0.15, 0.2) is 18.2 Å². The minimum absolute atomic E-state index is 0.143. The molecule has 5 nitrogen and oxygen atoms in total. The van der Waals surface area contributed by atoms with Gasteiger partial charge in [-0.15, -0.1) is 0 Å². The highest BCUT2D eigenvalue weighted by molar-refractivity contribution is 5.78. The minimum Gasteiger partial charge on any atom is -0.388 e. The van der Waals surface area contributed by atoms with Crippen molar-refractivity contribution in [3.8, 4) is 0 Å². The molecule has 3 N–H and O–H groups in total. The molecule has 1 aromatic rings. The van der Waals surface area contributed by atoms with Crippen molar-refractivity contribution < 1.29 is 33.0 Å². The fourth-order valence-corrected chi connectivity index (χ4v) is 1.69. The Hall–Kier alpha value is -1.93. The maximum Gasteiger partial charge on any atom is 0.416 e. The number of carbonyl (C=O) groups is 2. The topological polar surface area (TPSA) is 86.6 Å². The lowest BCUT2D eigenvalue weighted by Crippen LogP contribution is -2.34. The molecule has 0 saturated carbocycles. The lowest BCUT2D eigenvalue weighted by atomic mass is 9.97. The van der Waals surface area contributed by atoms with Crippen LogP contribution in [0.3, 0.4) is 0 Å². The number of aliphatic hydroxyl groups excluding tert-OH is 2. The smallest absolute Gasteiger partial charge is 0.388 e. The highest BCUT2D eigenvalue weighted by Crippen LogP contribution is 2.32. The Morgan fingerprint density at radius 2 is 2.00 bits per heavy atom. The maximum atomic E-state index is 12.5. The van der Waals surface area contributed by atoms with Crippen LogP contribution in [-0.4, -0.2) is 35.1 Å². The molecule has 0 heterocycles. The summed E-state index contributed by atoms with van der Waals surface area (Å²) < 4.78 is 37.6. The molecule has 8 heteroatoms. The molecule has 0 aromatic heterocycles. The number of hydrogen-bond acceptors (Lipinski definition) is 4. The van der Waals surface area contributed by atoms with Crippen LogP contribution in [0, 0.1) is 0 Å². The number of aliphatic hydroxyl groups is 2. The quantitative estimate of drug-likeness (QED) is 0.710. The number of halogens is 3. The van der Waals surface area contributed by atoms with Gasteiger partial charge in [0.05, 0.1) is 5.56 Å². The van der Waals surface area contributed by atoms with E-state index in [0.717, 1.165) is 6.07 Å². The van der Waals surface area contributed by atoms with Gasteiger partial charge in [0.15, 0.2) is 0 Å². The number of hydrogen-bond donors (Lipinski definition) is 3. The molecular weight excluding hydrogens is 291 g/mol. The Balaban J connectivity index is 3.01.